The maximum absolute atomic E-state index is 11.6. The Morgan fingerprint density at radius 3 is 2.70 bits per heavy atom. The number of nitrogens with one attached hydrogen (secondary N) is 1. The molecule has 0 unspecified atom stereocenters. The largest absolute Gasteiger partial charge is 0.384 e. The average Bonchev–Trinajstić information content (AvgIpc) is 2.46. The first kappa shape index (κ1) is 15.4. The summed E-state index contributed by atoms with van der Waals surface area (Å²) in [6.45, 7) is 10.7. The van der Waals surface area contributed by atoms with E-state index in [1.54, 1.807) is 0 Å². The Balaban J connectivity index is 2.06. The van der Waals surface area contributed by atoms with Crippen LogP contribution in [-0.2, 0) is 11.2 Å². The predicted molar refractivity (Wildman–Crippen MR) is 86.6 cm³/mol. The summed E-state index contributed by atoms with van der Waals surface area (Å²) in [5, 5.41) is 3.84. The van der Waals surface area contributed by atoms with Gasteiger partial charge in [0, 0.05) is 30.1 Å². The van der Waals surface area contributed by atoms with Crippen molar-refractivity contribution in [2.45, 2.75) is 38.5 Å². The SMILES string of the molecule is CCN(CC)CCNc1ccc(C)c2c1CCC(=O)S2. The predicted octanol–water partition coefficient (Wildman–Crippen LogP) is 3.31. The van der Waals surface area contributed by atoms with Crippen molar-refractivity contribution in [3.8, 4) is 0 Å². The van der Waals surface area contributed by atoms with Gasteiger partial charge in [-0.3, -0.25) is 4.79 Å². The number of fused-ring (bicyclic) bond motifs is 1. The van der Waals surface area contributed by atoms with Crippen molar-refractivity contribution in [1.29, 1.82) is 0 Å². The van der Waals surface area contributed by atoms with Gasteiger partial charge in [0.2, 0.25) is 0 Å². The topological polar surface area (TPSA) is 32.3 Å². The number of carbonyl (C=O) groups is 1. The highest BCUT2D eigenvalue weighted by Gasteiger charge is 2.20. The molecular formula is C16H24N2OS. The van der Waals surface area contributed by atoms with Crippen LogP contribution in [0.25, 0.3) is 0 Å². The molecule has 0 amide bonds. The van der Waals surface area contributed by atoms with Crippen molar-refractivity contribution >= 4 is 22.6 Å². The molecule has 110 valence electrons. The van der Waals surface area contributed by atoms with E-state index in [0.29, 0.717) is 11.5 Å². The fourth-order valence-electron chi connectivity index (χ4n) is 2.58. The second-order valence-electron chi connectivity index (χ2n) is 5.17. The minimum Gasteiger partial charge on any atom is -0.384 e. The number of benzene rings is 1. The molecule has 0 saturated carbocycles. The molecule has 1 aliphatic heterocycles. The van der Waals surface area contributed by atoms with Crippen LogP contribution in [0.5, 0.6) is 0 Å². The van der Waals surface area contributed by atoms with Crippen LogP contribution in [0, 0.1) is 6.92 Å². The zero-order valence-corrected chi connectivity index (χ0v) is 13.5. The third-order valence-corrected chi connectivity index (χ3v) is 5.09. The Hall–Kier alpha value is -1.000. The summed E-state index contributed by atoms with van der Waals surface area (Å²) in [6.07, 6.45) is 1.53. The molecule has 0 aliphatic carbocycles. The molecule has 1 N–H and O–H groups in total. The summed E-state index contributed by atoms with van der Waals surface area (Å²) in [7, 11) is 0. The maximum Gasteiger partial charge on any atom is 0.194 e. The minimum absolute atomic E-state index is 0.292. The van der Waals surface area contributed by atoms with Crippen molar-refractivity contribution in [1.82, 2.24) is 4.90 Å². The number of nitrogens with zero attached hydrogens (tertiary/aromatic N) is 1. The van der Waals surface area contributed by atoms with E-state index >= 15 is 0 Å². The maximum atomic E-state index is 11.6. The normalized spacial score (nSPS) is 14.5. The molecule has 2 rings (SSSR count). The van der Waals surface area contributed by atoms with Gasteiger partial charge in [-0.1, -0.05) is 31.7 Å². The summed E-state index contributed by atoms with van der Waals surface area (Å²) < 4.78 is 0. The number of aryl methyl sites for hydroxylation is 1. The third kappa shape index (κ3) is 3.55. The molecule has 0 saturated heterocycles. The lowest BCUT2D eigenvalue weighted by Crippen LogP contribution is -2.28. The second-order valence-corrected chi connectivity index (χ2v) is 6.23. The second kappa shape index (κ2) is 7.14. The summed E-state index contributed by atoms with van der Waals surface area (Å²) in [5.74, 6) is 0. The summed E-state index contributed by atoms with van der Waals surface area (Å²) in [5.41, 5.74) is 3.75. The van der Waals surface area contributed by atoms with E-state index in [2.05, 4.69) is 43.1 Å². The number of thioether (sulfide) groups is 1. The lowest BCUT2D eigenvalue weighted by Gasteiger charge is -2.23. The van der Waals surface area contributed by atoms with Gasteiger partial charge in [-0.05, 0) is 43.6 Å². The van der Waals surface area contributed by atoms with E-state index in [1.807, 2.05) is 0 Å². The number of hydrogen-bond acceptors (Lipinski definition) is 4. The van der Waals surface area contributed by atoms with Crippen LogP contribution in [0.1, 0.15) is 31.4 Å². The van der Waals surface area contributed by atoms with Gasteiger partial charge in [-0.2, -0.15) is 0 Å². The zero-order chi connectivity index (χ0) is 14.5. The van der Waals surface area contributed by atoms with Crippen molar-refractivity contribution in [3.05, 3.63) is 23.3 Å². The van der Waals surface area contributed by atoms with Gasteiger partial charge < -0.3 is 10.2 Å². The molecule has 1 aromatic carbocycles. The van der Waals surface area contributed by atoms with E-state index in [0.717, 1.165) is 32.6 Å². The van der Waals surface area contributed by atoms with Gasteiger partial charge in [0.1, 0.15) is 0 Å². The molecule has 4 heteroatoms. The molecule has 0 bridgehead atoms. The van der Waals surface area contributed by atoms with Gasteiger partial charge in [0.05, 0.1) is 0 Å². The number of carbonyl (C=O) groups excluding carboxylic acids is 1. The molecule has 0 spiro atoms. The highest BCUT2D eigenvalue weighted by molar-refractivity contribution is 8.13. The molecule has 1 aromatic rings. The van der Waals surface area contributed by atoms with Gasteiger partial charge in [0.25, 0.3) is 0 Å². The van der Waals surface area contributed by atoms with Crippen molar-refractivity contribution < 1.29 is 4.79 Å². The molecule has 20 heavy (non-hydrogen) atoms. The Kier molecular flexibility index (Phi) is 5.49. The standard InChI is InChI=1S/C16H24N2OS/c1-4-18(5-2)11-10-17-14-8-6-12(3)16-13(14)7-9-15(19)20-16/h6,8,17H,4-5,7,9-11H2,1-3H3. The van der Waals surface area contributed by atoms with Crippen LogP contribution in [0.3, 0.4) is 0 Å². The third-order valence-electron chi connectivity index (χ3n) is 3.89. The smallest absolute Gasteiger partial charge is 0.194 e. The molecule has 0 radical (unpaired) electrons. The Bertz CT molecular complexity index is 484. The summed E-state index contributed by atoms with van der Waals surface area (Å²) >= 11 is 1.41. The van der Waals surface area contributed by atoms with E-state index in [1.165, 1.54) is 33.5 Å². The summed E-state index contributed by atoms with van der Waals surface area (Å²) in [4.78, 5) is 15.2. The first-order valence-electron chi connectivity index (χ1n) is 7.45. The van der Waals surface area contributed by atoms with E-state index < -0.39 is 0 Å². The Labute approximate surface area is 126 Å². The van der Waals surface area contributed by atoms with Crippen molar-refractivity contribution in [2.24, 2.45) is 0 Å². The van der Waals surface area contributed by atoms with E-state index in [-0.39, 0.29) is 0 Å². The van der Waals surface area contributed by atoms with Crippen molar-refractivity contribution in [2.75, 3.05) is 31.5 Å². The molecule has 1 heterocycles. The van der Waals surface area contributed by atoms with Crippen LogP contribution in [0.2, 0.25) is 0 Å². The monoisotopic (exact) mass is 292 g/mol. The lowest BCUT2D eigenvalue weighted by molar-refractivity contribution is -0.111. The van der Waals surface area contributed by atoms with Gasteiger partial charge in [0.15, 0.2) is 5.12 Å². The number of hydrogen-bond donors (Lipinski definition) is 1. The molecule has 0 aromatic heterocycles. The quantitative estimate of drug-likeness (QED) is 0.872. The van der Waals surface area contributed by atoms with E-state index in [9.17, 15) is 4.79 Å². The molecule has 1 aliphatic rings. The first-order chi connectivity index (χ1) is 9.65. The minimum atomic E-state index is 0.292. The highest BCUT2D eigenvalue weighted by Crippen LogP contribution is 2.37. The van der Waals surface area contributed by atoms with Crippen LogP contribution in [0.15, 0.2) is 17.0 Å². The van der Waals surface area contributed by atoms with Crippen LogP contribution in [0.4, 0.5) is 5.69 Å². The van der Waals surface area contributed by atoms with Gasteiger partial charge >= 0.3 is 0 Å². The fourth-order valence-corrected chi connectivity index (χ4v) is 3.58. The number of anilines is 1. The average molecular weight is 292 g/mol. The summed E-state index contributed by atoms with van der Waals surface area (Å²) in [6, 6.07) is 4.27. The Morgan fingerprint density at radius 1 is 1.25 bits per heavy atom. The molecule has 0 fully saturated rings. The molecular weight excluding hydrogens is 268 g/mol. The lowest BCUT2D eigenvalue weighted by atomic mass is 10.0. The van der Waals surface area contributed by atoms with Crippen LogP contribution in [-0.4, -0.2) is 36.2 Å². The Morgan fingerprint density at radius 2 is 2.00 bits per heavy atom. The number of rotatable bonds is 6. The van der Waals surface area contributed by atoms with Crippen molar-refractivity contribution in [3.63, 3.8) is 0 Å². The molecule has 0 atom stereocenters. The molecule has 3 nitrogen and oxygen atoms in total. The number of likely N-dealkylation sites (N-methyl/N-ethyl adjacent to an activating group) is 1. The highest BCUT2D eigenvalue weighted by atomic mass is 32.2. The van der Waals surface area contributed by atoms with Gasteiger partial charge in [-0.15, -0.1) is 0 Å². The zero-order valence-electron chi connectivity index (χ0n) is 12.7. The first-order valence-corrected chi connectivity index (χ1v) is 8.26. The van der Waals surface area contributed by atoms with Gasteiger partial charge in [-0.25, -0.2) is 0 Å². The van der Waals surface area contributed by atoms with Crippen LogP contribution < -0.4 is 5.32 Å². The van der Waals surface area contributed by atoms with E-state index in [4.69, 9.17) is 0 Å². The van der Waals surface area contributed by atoms with Crippen LogP contribution >= 0.6 is 11.8 Å². The fraction of sp³-hybridized carbons (Fsp3) is 0.562.